The second-order valence-corrected chi connectivity index (χ2v) is 7.81. The second kappa shape index (κ2) is 7.77. The second-order valence-electron chi connectivity index (χ2n) is 7.81. The Kier molecular flexibility index (Phi) is 5.67. The third kappa shape index (κ3) is 3.84. The Morgan fingerprint density at radius 2 is 2.08 bits per heavy atom. The number of methoxy groups -OCH3 is 1. The summed E-state index contributed by atoms with van der Waals surface area (Å²) in [5.74, 6) is 2.81. The van der Waals surface area contributed by atoms with Crippen molar-refractivity contribution in [3.8, 4) is 11.5 Å². The zero-order valence-electron chi connectivity index (χ0n) is 16.0. The van der Waals surface area contributed by atoms with Gasteiger partial charge >= 0.3 is 0 Å². The third-order valence-electron chi connectivity index (χ3n) is 5.42. The van der Waals surface area contributed by atoms with Crippen molar-refractivity contribution < 1.29 is 14.3 Å². The topological polar surface area (TPSA) is 38.8 Å². The minimum atomic E-state index is 0.201. The fourth-order valence-corrected chi connectivity index (χ4v) is 4.22. The lowest BCUT2D eigenvalue weighted by Crippen LogP contribution is -2.46. The lowest BCUT2D eigenvalue weighted by molar-refractivity contribution is -0.129. The van der Waals surface area contributed by atoms with E-state index in [0.29, 0.717) is 24.7 Å². The molecule has 1 unspecified atom stereocenters. The fraction of sp³-hybridized carbons (Fsp3) is 0.667. The lowest BCUT2D eigenvalue weighted by atomic mass is 9.80. The third-order valence-corrected chi connectivity index (χ3v) is 5.42. The number of ether oxygens (including phenoxy) is 2. The maximum Gasteiger partial charge on any atom is 0.161 e. The number of nitrogens with zero attached hydrogens (tertiary/aromatic N) is 1. The van der Waals surface area contributed by atoms with Gasteiger partial charge in [0.1, 0.15) is 5.78 Å². The molecule has 0 aliphatic carbocycles. The summed E-state index contributed by atoms with van der Waals surface area (Å²) in [4.78, 5) is 15.2. The number of rotatable bonds is 6. The minimum absolute atomic E-state index is 0.201. The SMILES string of the molecule is CCCOc1cc2c(cc1OC)C1CC(=O)[C@H](CC(C)C)CN1CC2. The normalized spacial score (nSPS) is 23.3. The van der Waals surface area contributed by atoms with E-state index in [1.165, 1.54) is 11.1 Å². The Hall–Kier alpha value is -1.55. The Labute approximate surface area is 151 Å². The number of carbonyl (C=O) groups is 1. The molecule has 0 amide bonds. The number of hydrogen-bond donors (Lipinski definition) is 0. The molecule has 4 nitrogen and oxygen atoms in total. The number of piperidine rings is 1. The zero-order valence-corrected chi connectivity index (χ0v) is 16.0. The average Bonchev–Trinajstić information content (AvgIpc) is 2.59. The molecule has 2 heterocycles. The van der Waals surface area contributed by atoms with Crippen molar-refractivity contribution in [2.75, 3.05) is 26.8 Å². The molecule has 0 bridgehead atoms. The monoisotopic (exact) mass is 345 g/mol. The molecular weight excluding hydrogens is 314 g/mol. The van der Waals surface area contributed by atoms with Crippen LogP contribution >= 0.6 is 0 Å². The van der Waals surface area contributed by atoms with Crippen molar-refractivity contribution in [3.63, 3.8) is 0 Å². The summed E-state index contributed by atoms with van der Waals surface area (Å²) in [5.41, 5.74) is 2.56. The molecule has 0 aromatic heterocycles. The molecule has 2 aliphatic heterocycles. The van der Waals surface area contributed by atoms with Crippen molar-refractivity contribution in [1.82, 2.24) is 4.90 Å². The van der Waals surface area contributed by atoms with Gasteiger partial charge in [-0.2, -0.15) is 0 Å². The number of carbonyl (C=O) groups excluding carboxylic acids is 1. The molecule has 0 N–H and O–H groups in total. The van der Waals surface area contributed by atoms with Crippen molar-refractivity contribution in [2.45, 2.75) is 52.5 Å². The molecule has 0 spiro atoms. The first-order valence-corrected chi connectivity index (χ1v) is 9.63. The van der Waals surface area contributed by atoms with E-state index in [9.17, 15) is 4.79 Å². The van der Waals surface area contributed by atoms with Crippen molar-refractivity contribution in [3.05, 3.63) is 23.3 Å². The highest BCUT2D eigenvalue weighted by atomic mass is 16.5. The highest BCUT2D eigenvalue weighted by molar-refractivity contribution is 5.83. The number of fused-ring (bicyclic) bond motifs is 3. The molecule has 4 heteroatoms. The summed E-state index contributed by atoms with van der Waals surface area (Å²) in [7, 11) is 1.69. The molecule has 25 heavy (non-hydrogen) atoms. The van der Waals surface area contributed by atoms with Gasteiger partial charge in [0, 0.05) is 31.5 Å². The summed E-state index contributed by atoms with van der Waals surface area (Å²) < 4.78 is 11.4. The standard InChI is InChI=1S/C21H31NO3/c1-5-8-25-21-10-15-6-7-22-13-16(9-14(2)3)19(23)12-18(22)17(15)11-20(21)24-4/h10-11,14,16,18H,5-9,12-13H2,1-4H3/t16-,18?/m1/s1. The van der Waals surface area contributed by atoms with Gasteiger partial charge in [-0.05, 0) is 48.4 Å². The van der Waals surface area contributed by atoms with Crippen LogP contribution < -0.4 is 9.47 Å². The van der Waals surface area contributed by atoms with Crippen LogP contribution in [-0.4, -0.2) is 37.5 Å². The average molecular weight is 345 g/mol. The summed E-state index contributed by atoms with van der Waals surface area (Å²) in [5, 5.41) is 0. The van der Waals surface area contributed by atoms with E-state index in [4.69, 9.17) is 9.47 Å². The number of benzene rings is 1. The van der Waals surface area contributed by atoms with Crippen LogP contribution in [0.25, 0.3) is 0 Å². The molecule has 138 valence electrons. The summed E-state index contributed by atoms with van der Waals surface area (Å²) in [6.45, 7) is 9.13. The van der Waals surface area contributed by atoms with Gasteiger partial charge in [0.2, 0.25) is 0 Å². The molecule has 1 aromatic carbocycles. The van der Waals surface area contributed by atoms with Crippen molar-refractivity contribution in [2.24, 2.45) is 11.8 Å². The van der Waals surface area contributed by atoms with Crippen molar-refractivity contribution >= 4 is 5.78 Å². The van der Waals surface area contributed by atoms with Crippen molar-refractivity contribution in [1.29, 1.82) is 0 Å². The Balaban J connectivity index is 1.85. The highest BCUT2D eigenvalue weighted by Crippen LogP contribution is 2.42. The quantitative estimate of drug-likeness (QED) is 0.781. The van der Waals surface area contributed by atoms with Gasteiger partial charge in [0.15, 0.2) is 11.5 Å². The molecular formula is C21H31NO3. The van der Waals surface area contributed by atoms with Crippen LogP contribution in [0, 0.1) is 11.8 Å². The van der Waals surface area contributed by atoms with Crippen LogP contribution in [0.3, 0.4) is 0 Å². The largest absolute Gasteiger partial charge is 0.493 e. The van der Waals surface area contributed by atoms with Gasteiger partial charge < -0.3 is 9.47 Å². The van der Waals surface area contributed by atoms with E-state index in [1.807, 2.05) is 0 Å². The molecule has 3 rings (SSSR count). The predicted octanol–water partition coefficient (Wildman–Crippen LogP) is 4.02. The van der Waals surface area contributed by atoms with E-state index in [0.717, 1.165) is 43.9 Å². The van der Waals surface area contributed by atoms with Gasteiger partial charge in [-0.1, -0.05) is 20.8 Å². The van der Waals surface area contributed by atoms with E-state index >= 15 is 0 Å². The van der Waals surface area contributed by atoms with Gasteiger partial charge in [0.25, 0.3) is 0 Å². The first-order chi connectivity index (χ1) is 12.0. The smallest absolute Gasteiger partial charge is 0.161 e. The summed E-state index contributed by atoms with van der Waals surface area (Å²) >= 11 is 0. The van der Waals surface area contributed by atoms with Crippen LogP contribution in [-0.2, 0) is 11.2 Å². The first kappa shape index (κ1) is 18.2. The molecule has 1 fully saturated rings. The Morgan fingerprint density at radius 3 is 2.76 bits per heavy atom. The maximum atomic E-state index is 12.7. The Bertz CT molecular complexity index is 626. The number of ketones is 1. The number of Topliss-reactive ketones (excluding diaryl/α,β-unsaturated/α-hetero) is 1. The highest BCUT2D eigenvalue weighted by Gasteiger charge is 2.38. The molecule has 1 aromatic rings. The summed E-state index contributed by atoms with van der Waals surface area (Å²) in [6.07, 6.45) is 3.62. The minimum Gasteiger partial charge on any atom is -0.493 e. The van der Waals surface area contributed by atoms with E-state index in [-0.39, 0.29) is 12.0 Å². The maximum absolute atomic E-state index is 12.7. The zero-order chi connectivity index (χ0) is 18.0. The van der Waals surface area contributed by atoms with Crippen LogP contribution in [0.4, 0.5) is 0 Å². The molecule has 2 aliphatic rings. The van der Waals surface area contributed by atoms with E-state index in [1.54, 1.807) is 7.11 Å². The lowest BCUT2D eigenvalue weighted by Gasteiger charge is -2.43. The van der Waals surface area contributed by atoms with Crippen LogP contribution in [0.5, 0.6) is 11.5 Å². The summed E-state index contributed by atoms with van der Waals surface area (Å²) in [6, 6.07) is 4.44. The molecule has 1 saturated heterocycles. The Morgan fingerprint density at radius 1 is 1.28 bits per heavy atom. The van der Waals surface area contributed by atoms with Gasteiger partial charge in [0.05, 0.1) is 13.7 Å². The van der Waals surface area contributed by atoms with Gasteiger partial charge in [-0.25, -0.2) is 0 Å². The van der Waals surface area contributed by atoms with Crippen LogP contribution in [0.1, 0.15) is 57.2 Å². The predicted molar refractivity (Wildman–Crippen MR) is 99.4 cm³/mol. The first-order valence-electron chi connectivity index (χ1n) is 9.63. The molecule has 0 radical (unpaired) electrons. The van der Waals surface area contributed by atoms with Gasteiger partial charge in [-0.15, -0.1) is 0 Å². The molecule has 2 atom stereocenters. The number of hydrogen-bond acceptors (Lipinski definition) is 4. The molecule has 0 saturated carbocycles. The van der Waals surface area contributed by atoms with Crippen LogP contribution in [0.2, 0.25) is 0 Å². The van der Waals surface area contributed by atoms with E-state index < -0.39 is 0 Å². The van der Waals surface area contributed by atoms with Gasteiger partial charge in [-0.3, -0.25) is 9.69 Å². The van der Waals surface area contributed by atoms with E-state index in [2.05, 4.69) is 37.8 Å². The fourth-order valence-electron chi connectivity index (χ4n) is 4.22. The van der Waals surface area contributed by atoms with Crippen LogP contribution in [0.15, 0.2) is 12.1 Å².